The van der Waals surface area contributed by atoms with Crippen LogP contribution in [0.1, 0.15) is 11.1 Å². The van der Waals surface area contributed by atoms with E-state index in [-0.39, 0.29) is 0 Å². The molecule has 0 saturated carbocycles. The average molecular weight is 242 g/mol. The fourth-order valence-electron chi connectivity index (χ4n) is 1.71. The second kappa shape index (κ2) is 4.97. The minimum atomic E-state index is 0.439. The Labute approximate surface area is 106 Å². The van der Waals surface area contributed by atoms with Gasteiger partial charge in [-0.05, 0) is 42.8 Å². The number of nitrogens with two attached hydrogens (primary N) is 1. The van der Waals surface area contributed by atoms with Crippen LogP contribution in [0.3, 0.4) is 0 Å². The van der Waals surface area contributed by atoms with Gasteiger partial charge in [0, 0.05) is 16.9 Å². The highest BCUT2D eigenvalue weighted by Crippen LogP contribution is 2.19. The molecule has 0 aliphatic rings. The maximum absolute atomic E-state index is 5.63. The van der Waals surface area contributed by atoms with Crippen LogP contribution in [0.5, 0.6) is 0 Å². The zero-order chi connectivity index (χ0) is 12.3. The zero-order valence-corrected chi connectivity index (χ0v) is 10.4. The second-order valence-electron chi connectivity index (χ2n) is 3.88. The summed E-state index contributed by atoms with van der Waals surface area (Å²) in [5.41, 5.74) is 9.74. The third-order valence-electron chi connectivity index (χ3n) is 2.55. The lowest BCUT2D eigenvalue weighted by atomic mass is 10.1. The molecule has 17 heavy (non-hydrogen) atoms. The van der Waals surface area contributed by atoms with E-state index in [2.05, 4.69) is 5.32 Å². The molecular formula is C14H14N2S. The molecule has 0 amide bonds. The van der Waals surface area contributed by atoms with Gasteiger partial charge in [-0.1, -0.05) is 30.4 Å². The molecule has 3 heteroatoms. The molecule has 0 bridgehead atoms. The van der Waals surface area contributed by atoms with Gasteiger partial charge in [0.15, 0.2) is 0 Å². The van der Waals surface area contributed by atoms with Crippen LogP contribution in [0.25, 0.3) is 0 Å². The maximum Gasteiger partial charge on any atom is 0.104 e. The first-order valence-corrected chi connectivity index (χ1v) is 5.80. The molecule has 2 nitrogen and oxygen atoms in total. The van der Waals surface area contributed by atoms with Crippen LogP contribution in [0.2, 0.25) is 0 Å². The number of para-hydroxylation sites is 1. The Morgan fingerprint density at radius 1 is 1.06 bits per heavy atom. The van der Waals surface area contributed by atoms with E-state index in [9.17, 15) is 0 Å². The minimum absolute atomic E-state index is 0.439. The number of hydrogen-bond acceptors (Lipinski definition) is 2. The van der Waals surface area contributed by atoms with Gasteiger partial charge in [0.2, 0.25) is 0 Å². The molecule has 0 atom stereocenters. The molecule has 2 aromatic carbocycles. The lowest BCUT2D eigenvalue weighted by Gasteiger charge is -2.09. The van der Waals surface area contributed by atoms with E-state index in [1.807, 2.05) is 55.5 Å². The minimum Gasteiger partial charge on any atom is -0.389 e. The molecule has 0 saturated heterocycles. The van der Waals surface area contributed by atoms with Gasteiger partial charge in [-0.25, -0.2) is 0 Å². The number of hydrogen-bond donors (Lipinski definition) is 2. The summed E-state index contributed by atoms with van der Waals surface area (Å²) in [5, 5.41) is 3.33. The van der Waals surface area contributed by atoms with E-state index in [0.29, 0.717) is 4.99 Å². The fourth-order valence-corrected chi connectivity index (χ4v) is 1.94. The van der Waals surface area contributed by atoms with Gasteiger partial charge in [-0.3, -0.25) is 0 Å². The Kier molecular flexibility index (Phi) is 3.40. The monoisotopic (exact) mass is 242 g/mol. The number of thiocarbonyl (C=S) groups is 1. The molecule has 2 rings (SSSR count). The van der Waals surface area contributed by atoms with Gasteiger partial charge in [-0.2, -0.15) is 0 Å². The summed E-state index contributed by atoms with van der Waals surface area (Å²) < 4.78 is 0. The molecule has 0 radical (unpaired) electrons. The van der Waals surface area contributed by atoms with Gasteiger partial charge in [0.25, 0.3) is 0 Å². The number of aryl methyl sites for hydroxylation is 1. The van der Waals surface area contributed by atoms with Gasteiger partial charge >= 0.3 is 0 Å². The lowest BCUT2D eigenvalue weighted by molar-refractivity contribution is 1.42. The van der Waals surface area contributed by atoms with Gasteiger partial charge in [-0.15, -0.1) is 0 Å². The van der Waals surface area contributed by atoms with Crippen LogP contribution < -0.4 is 11.1 Å². The topological polar surface area (TPSA) is 38.0 Å². The van der Waals surface area contributed by atoms with Gasteiger partial charge in [0.05, 0.1) is 0 Å². The highest BCUT2D eigenvalue weighted by atomic mass is 32.1. The summed E-state index contributed by atoms with van der Waals surface area (Å²) in [5.74, 6) is 0. The molecule has 0 fully saturated rings. The van der Waals surface area contributed by atoms with E-state index < -0.39 is 0 Å². The van der Waals surface area contributed by atoms with E-state index in [1.54, 1.807) is 0 Å². The third-order valence-corrected chi connectivity index (χ3v) is 2.77. The van der Waals surface area contributed by atoms with Crippen LogP contribution in [0.4, 0.5) is 11.4 Å². The molecular weight excluding hydrogens is 228 g/mol. The summed E-state index contributed by atoms with van der Waals surface area (Å²) in [6.45, 7) is 2.00. The Balaban J connectivity index is 2.24. The van der Waals surface area contributed by atoms with Crippen LogP contribution in [0, 0.1) is 6.92 Å². The van der Waals surface area contributed by atoms with Crippen molar-refractivity contribution in [3.63, 3.8) is 0 Å². The van der Waals surface area contributed by atoms with Crippen molar-refractivity contribution in [3.8, 4) is 0 Å². The first-order chi connectivity index (χ1) is 8.16. The Hall–Kier alpha value is -1.87. The van der Waals surface area contributed by atoms with E-state index in [4.69, 9.17) is 18.0 Å². The Bertz CT molecular complexity index is 535. The van der Waals surface area contributed by atoms with Crippen molar-refractivity contribution in [2.24, 2.45) is 5.73 Å². The first-order valence-electron chi connectivity index (χ1n) is 5.39. The van der Waals surface area contributed by atoms with Gasteiger partial charge < -0.3 is 11.1 Å². The van der Waals surface area contributed by atoms with E-state index >= 15 is 0 Å². The molecule has 86 valence electrons. The van der Waals surface area contributed by atoms with E-state index in [1.165, 1.54) is 0 Å². The average Bonchev–Trinajstić information content (AvgIpc) is 2.30. The Morgan fingerprint density at radius 2 is 1.76 bits per heavy atom. The van der Waals surface area contributed by atoms with Crippen molar-refractivity contribution < 1.29 is 0 Å². The SMILES string of the molecule is Cc1cc(Nc2ccccc2)ccc1C(N)=S. The number of rotatable bonds is 3. The summed E-state index contributed by atoms with van der Waals surface area (Å²) in [7, 11) is 0. The standard InChI is InChI=1S/C14H14N2S/c1-10-9-12(7-8-13(10)14(15)17)16-11-5-3-2-4-6-11/h2-9,16H,1H3,(H2,15,17). The molecule has 2 aromatic rings. The summed E-state index contributed by atoms with van der Waals surface area (Å²) in [4.78, 5) is 0.439. The van der Waals surface area contributed by atoms with Crippen molar-refractivity contribution in [2.45, 2.75) is 6.92 Å². The summed E-state index contributed by atoms with van der Waals surface area (Å²) in [6.07, 6.45) is 0. The molecule has 0 aromatic heterocycles. The van der Waals surface area contributed by atoms with Crippen LogP contribution >= 0.6 is 12.2 Å². The second-order valence-corrected chi connectivity index (χ2v) is 4.32. The predicted molar refractivity (Wildman–Crippen MR) is 76.8 cm³/mol. The van der Waals surface area contributed by atoms with E-state index in [0.717, 1.165) is 22.5 Å². The van der Waals surface area contributed by atoms with Crippen LogP contribution in [0.15, 0.2) is 48.5 Å². The molecule has 0 heterocycles. The quantitative estimate of drug-likeness (QED) is 0.810. The summed E-state index contributed by atoms with van der Waals surface area (Å²) in [6, 6.07) is 16.0. The highest BCUT2D eigenvalue weighted by molar-refractivity contribution is 7.80. The molecule has 0 unspecified atom stereocenters. The van der Waals surface area contributed by atoms with Gasteiger partial charge in [0.1, 0.15) is 4.99 Å². The molecule has 0 spiro atoms. The first kappa shape index (κ1) is 11.6. The Morgan fingerprint density at radius 3 is 2.35 bits per heavy atom. The third kappa shape index (κ3) is 2.82. The molecule has 3 N–H and O–H groups in total. The normalized spacial score (nSPS) is 9.94. The summed E-state index contributed by atoms with van der Waals surface area (Å²) >= 11 is 4.98. The van der Waals surface area contributed by atoms with Crippen LogP contribution in [-0.4, -0.2) is 4.99 Å². The predicted octanol–water partition coefficient (Wildman–Crippen LogP) is 3.37. The zero-order valence-electron chi connectivity index (χ0n) is 9.60. The number of nitrogens with one attached hydrogen (secondary N) is 1. The molecule has 0 aliphatic carbocycles. The van der Waals surface area contributed by atoms with Crippen molar-refractivity contribution in [1.82, 2.24) is 0 Å². The largest absolute Gasteiger partial charge is 0.389 e. The van der Waals surface area contributed by atoms with Crippen molar-refractivity contribution in [1.29, 1.82) is 0 Å². The fraction of sp³-hybridized carbons (Fsp3) is 0.0714. The van der Waals surface area contributed by atoms with Crippen LogP contribution in [-0.2, 0) is 0 Å². The van der Waals surface area contributed by atoms with Crippen molar-refractivity contribution >= 4 is 28.6 Å². The smallest absolute Gasteiger partial charge is 0.104 e. The number of benzene rings is 2. The van der Waals surface area contributed by atoms with Crippen molar-refractivity contribution in [2.75, 3.05) is 5.32 Å². The van der Waals surface area contributed by atoms with Crippen molar-refractivity contribution in [3.05, 3.63) is 59.7 Å². The maximum atomic E-state index is 5.63. The highest BCUT2D eigenvalue weighted by Gasteiger charge is 2.02. The lowest BCUT2D eigenvalue weighted by Crippen LogP contribution is -2.11. The number of anilines is 2. The molecule has 0 aliphatic heterocycles.